The van der Waals surface area contributed by atoms with E-state index in [4.69, 9.17) is 9.84 Å². The Balaban J connectivity index is 2.36. The minimum absolute atomic E-state index is 0.0520. The van der Waals surface area contributed by atoms with Crippen LogP contribution in [-0.2, 0) is 0 Å². The molecule has 0 atom stereocenters. The van der Waals surface area contributed by atoms with Gasteiger partial charge in [-0.2, -0.15) is 0 Å². The van der Waals surface area contributed by atoms with Gasteiger partial charge in [-0.25, -0.2) is 4.79 Å². The molecule has 0 aliphatic carbocycles. The number of hydrogen-bond acceptors (Lipinski definition) is 5. The maximum Gasteiger partial charge on any atom is 0.335 e. The molecule has 0 bridgehead atoms. The highest BCUT2D eigenvalue weighted by atomic mass is 16.6. The second-order valence-electron chi connectivity index (χ2n) is 3.99. The van der Waals surface area contributed by atoms with Gasteiger partial charge in [0.2, 0.25) is 5.75 Å². The van der Waals surface area contributed by atoms with Crippen LogP contribution in [0, 0.1) is 17.0 Å². The predicted molar refractivity (Wildman–Crippen MR) is 69.1 cm³/mol. The van der Waals surface area contributed by atoms with Crippen LogP contribution in [0.25, 0.3) is 0 Å². The zero-order valence-electron chi connectivity index (χ0n) is 10.4. The second-order valence-corrected chi connectivity index (χ2v) is 3.99. The van der Waals surface area contributed by atoms with E-state index in [1.165, 1.54) is 30.5 Å². The van der Waals surface area contributed by atoms with Crippen LogP contribution < -0.4 is 4.74 Å². The highest BCUT2D eigenvalue weighted by Gasteiger charge is 2.16. The van der Waals surface area contributed by atoms with E-state index in [-0.39, 0.29) is 17.0 Å². The molecule has 0 aliphatic heterocycles. The molecule has 2 rings (SSSR count). The summed E-state index contributed by atoms with van der Waals surface area (Å²) >= 11 is 0. The standard InChI is InChI=1S/C13H10N2O5/c1-8-6-9(13(16)17)2-3-11(8)20-12-4-5-14-7-10(12)15(18)19/h2-7H,1H3,(H,16,17). The van der Waals surface area contributed by atoms with Crippen molar-refractivity contribution in [2.45, 2.75) is 6.92 Å². The first-order valence-electron chi connectivity index (χ1n) is 5.59. The fourth-order valence-corrected chi connectivity index (χ4v) is 1.61. The minimum atomic E-state index is -1.05. The number of nitro groups is 1. The summed E-state index contributed by atoms with van der Waals surface area (Å²) in [6.45, 7) is 1.66. The molecule has 0 unspecified atom stereocenters. The van der Waals surface area contributed by atoms with E-state index in [1.807, 2.05) is 0 Å². The average Bonchev–Trinajstić information content (AvgIpc) is 2.41. The van der Waals surface area contributed by atoms with E-state index in [0.29, 0.717) is 11.3 Å². The summed E-state index contributed by atoms with van der Waals surface area (Å²) in [6.07, 6.45) is 2.47. The molecule has 2 aromatic rings. The SMILES string of the molecule is Cc1cc(C(=O)O)ccc1Oc1ccncc1[N+](=O)[O-]. The van der Waals surface area contributed by atoms with Crippen molar-refractivity contribution in [3.63, 3.8) is 0 Å². The fourth-order valence-electron chi connectivity index (χ4n) is 1.61. The lowest BCUT2D eigenvalue weighted by atomic mass is 10.1. The maximum atomic E-state index is 10.8. The minimum Gasteiger partial charge on any atom is -0.478 e. The number of nitrogens with zero attached hydrogens (tertiary/aromatic N) is 2. The van der Waals surface area contributed by atoms with Crippen molar-refractivity contribution >= 4 is 11.7 Å². The molecule has 7 nitrogen and oxygen atoms in total. The van der Waals surface area contributed by atoms with Crippen LogP contribution in [0.5, 0.6) is 11.5 Å². The van der Waals surface area contributed by atoms with Crippen LogP contribution in [0.3, 0.4) is 0 Å². The van der Waals surface area contributed by atoms with E-state index >= 15 is 0 Å². The summed E-state index contributed by atoms with van der Waals surface area (Å²) in [5.74, 6) is -0.644. The molecule has 1 N–H and O–H groups in total. The van der Waals surface area contributed by atoms with Crippen molar-refractivity contribution in [2.24, 2.45) is 0 Å². The molecule has 0 fully saturated rings. The number of benzene rings is 1. The number of aryl methyl sites for hydroxylation is 1. The predicted octanol–water partition coefficient (Wildman–Crippen LogP) is 2.79. The first kappa shape index (κ1) is 13.5. The number of aromatic nitrogens is 1. The third kappa shape index (κ3) is 2.72. The molecular weight excluding hydrogens is 264 g/mol. The first-order chi connectivity index (χ1) is 9.49. The third-order valence-corrected chi connectivity index (χ3v) is 2.60. The number of carboxylic acids is 1. The molecule has 0 amide bonds. The largest absolute Gasteiger partial charge is 0.478 e. The fraction of sp³-hybridized carbons (Fsp3) is 0.0769. The van der Waals surface area contributed by atoms with Crippen molar-refractivity contribution in [1.29, 1.82) is 0 Å². The van der Waals surface area contributed by atoms with Gasteiger partial charge in [0, 0.05) is 12.3 Å². The quantitative estimate of drug-likeness (QED) is 0.679. The molecule has 1 aromatic heterocycles. The number of carboxylic acid groups (broad SMARTS) is 1. The van der Waals surface area contributed by atoms with Crippen LogP contribution in [0.2, 0.25) is 0 Å². The number of pyridine rings is 1. The number of aromatic carboxylic acids is 1. The van der Waals surface area contributed by atoms with E-state index in [2.05, 4.69) is 4.98 Å². The maximum absolute atomic E-state index is 10.8. The molecular formula is C13H10N2O5. The topological polar surface area (TPSA) is 103 Å². The lowest BCUT2D eigenvalue weighted by molar-refractivity contribution is -0.386. The van der Waals surface area contributed by atoms with Gasteiger partial charge in [0.05, 0.1) is 10.5 Å². The summed E-state index contributed by atoms with van der Waals surface area (Å²) in [7, 11) is 0. The van der Waals surface area contributed by atoms with E-state index in [0.717, 1.165) is 6.20 Å². The molecule has 7 heteroatoms. The molecule has 1 heterocycles. The van der Waals surface area contributed by atoms with Gasteiger partial charge in [-0.3, -0.25) is 15.1 Å². The van der Waals surface area contributed by atoms with Crippen LogP contribution in [0.4, 0.5) is 5.69 Å². The summed E-state index contributed by atoms with van der Waals surface area (Å²) < 4.78 is 5.46. The molecule has 0 saturated heterocycles. The van der Waals surface area contributed by atoms with Gasteiger partial charge in [-0.15, -0.1) is 0 Å². The highest BCUT2D eigenvalue weighted by Crippen LogP contribution is 2.31. The van der Waals surface area contributed by atoms with Crippen molar-refractivity contribution < 1.29 is 19.6 Å². The van der Waals surface area contributed by atoms with E-state index in [9.17, 15) is 14.9 Å². The first-order valence-corrected chi connectivity index (χ1v) is 5.59. The number of rotatable bonds is 4. The van der Waals surface area contributed by atoms with Crippen molar-refractivity contribution in [1.82, 2.24) is 4.98 Å². The molecule has 0 spiro atoms. The van der Waals surface area contributed by atoms with Gasteiger partial charge < -0.3 is 9.84 Å². The summed E-state index contributed by atoms with van der Waals surface area (Å²) in [6, 6.07) is 5.65. The Bertz CT molecular complexity index is 684. The normalized spacial score (nSPS) is 10.1. The Labute approximate surface area is 113 Å². The number of carbonyl (C=O) groups is 1. The second kappa shape index (κ2) is 5.35. The molecule has 1 aromatic carbocycles. The van der Waals surface area contributed by atoms with Crippen LogP contribution >= 0.6 is 0 Å². The summed E-state index contributed by atoms with van der Waals surface area (Å²) in [5, 5.41) is 19.7. The smallest absolute Gasteiger partial charge is 0.335 e. The van der Waals surface area contributed by atoms with E-state index in [1.54, 1.807) is 6.92 Å². The van der Waals surface area contributed by atoms with Gasteiger partial charge >= 0.3 is 11.7 Å². The Morgan fingerprint density at radius 3 is 2.70 bits per heavy atom. The summed E-state index contributed by atoms with van der Waals surface area (Å²) in [5.41, 5.74) is 0.435. The summed E-state index contributed by atoms with van der Waals surface area (Å²) in [4.78, 5) is 24.8. The Kier molecular flexibility index (Phi) is 3.60. The van der Waals surface area contributed by atoms with Crippen LogP contribution in [0.15, 0.2) is 36.7 Å². The molecule has 0 radical (unpaired) electrons. The Morgan fingerprint density at radius 2 is 2.10 bits per heavy atom. The van der Waals surface area contributed by atoms with Gasteiger partial charge in [0.15, 0.2) is 0 Å². The molecule has 102 valence electrons. The van der Waals surface area contributed by atoms with Gasteiger partial charge in [-0.05, 0) is 30.7 Å². The van der Waals surface area contributed by atoms with Gasteiger partial charge in [-0.1, -0.05) is 0 Å². The third-order valence-electron chi connectivity index (χ3n) is 2.60. The van der Waals surface area contributed by atoms with Crippen molar-refractivity contribution in [3.05, 3.63) is 57.9 Å². The number of ether oxygens (including phenoxy) is 1. The average molecular weight is 274 g/mol. The zero-order chi connectivity index (χ0) is 14.7. The number of hydrogen-bond donors (Lipinski definition) is 1. The zero-order valence-corrected chi connectivity index (χ0v) is 10.4. The highest BCUT2D eigenvalue weighted by molar-refractivity contribution is 5.88. The van der Waals surface area contributed by atoms with Gasteiger partial charge in [0.1, 0.15) is 11.9 Å². The van der Waals surface area contributed by atoms with Gasteiger partial charge in [0.25, 0.3) is 0 Å². The molecule has 20 heavy (non-hydrogen) atoms. The monoisotopic (exact) mass is 274 g/mol. The lowest BCUT2D eigenvalue weighted by Crippen LogP contribution is -1.98. The van der Waals surface area contributed by atoms with Crippen molar-refractivity contribution in [3.8, 4) is 11.5 Å². The molecule has 0 saturated carbocycles. The van der Waals surface area contributed by atoms with Crippen molar-refractivity contribution in [2.75, 3.05) is 0 Å². The lowest BCUT2D eigenvalue weighted by Gasteiger charge is -2.09. The Hall–Kier alpha value is -2.96. The van der Waals surface area contributed by atoms with E-state index < -0.39 is 10.9 Å². The molecule has 0 aliphatic rings. The Morgan fingerprint density at radius 1 is 1.35 bits per heavy atom. The van der Waals surface area contributed by atoms with Crippen LogP contribution in [-0.4, -0.2) is 21.0 Å². The van der Waals surface area contributed by atoms with Crippen LogP contribution in [0.1, 0.15) is 15.9 Å².